The molecule has 0 spiro atoms. The zero-order valence-corrected chi connectivity index (χ0v) is 21.6. The molecule has 0 fully saturated rings. The predicted octanol–water partition coefficient (Wildman–Crippen LogP) is 5.53. The Morgan fingerprint density at radius 1 is 1.03 bits per heavy atom. The molecular formula is C26H25ClF4N2O5. The summed E-state index contributed by atoms with van der Waals surface area (Å²) in [6.07, 6.45) is -5.43. The maximum absolute atomic E-state index is 14.2. The van der Waals surface area contributed by atoms with Gasteiger partial charge in [-0.15, -0.1) is 0 Å². The minimum atomic E-state index is -5.24. The lowest BCUT2D eigenvalue weighted by atomic mass is 9.96. The normalized spacial score (nSPS) is 13.1. The highest BCUT2D eigenvalue weighted by Crippen LogP contribution is 2.40. The molecule has 3 rings (SSSR count). The summed E-state index contributed by atoms with van der Waals surface area (Å²) in [6, 6.07) is 9.65. The first kappa shape index (κ1) is 29.0. The molecule has 38 heavy (non-hydrogen) atoms. The monoisotopic (exact) mass is 556 g/mol. The van der Waals surface area contributed by atoms with Gasteiger partial charge in [0.25, 0.3) is 5.91 Å². The second-order valence-corrected chi connectivity index (χ2v) is 8.86. The van der Waals surface area contributed by atoms with Gasteiger partial charge in [0.15, 0.2) is 11.5 Å². The molecule has 7 nitrogen and oxygen atoms in total. The summed E-state index contributed by atoms with van der Waals surface area (Å²) >= 11 is 5.82. The van der Waals surface area contributed by atoms with E-state index in [9.17, 15) is 27.5 Å². The van der Waals surface area contributed by atoms with E-state index in [4.69, 9.17) is 25.8 Å². The van der Waals surface area contributed by atoms with Crippen LogP contribution in [-0.4, -0.2) is 49.0 Å². The van der Waals surface area contributed by atoms with Crippen LogP contribution >= 0.6 is 11.6 Å². The highest BCUT2D eigenvalue weighted by molar-refractivity contribution is 6.31. The molecule has 2 N–H and O–H groups in total. The topological polar surface area (TPSA) is 89.9 Å². The quantitative estimate of drug-likeness (QED) is 0.337. The van der Waals surface area contributed by atoms with Crippen LogP contribution in [0.4, 0.5) is 17.6 Å². The molecule has 1 amide bonds. The van der Waals surface area contributed by atoms with Gasteiger partial charge in [-0.25, -0.2) is 9.37 Å². The minimum Gasteiger partial charge on any atom is -0.494 e. The summed E-state index contributed by atoms with van der Waals surface area (Å²) in [5.74, 6) is -1.03. The van der Waals surface area contributed by atoms with Crippen molar-refractivity contribution in [1.29, 1.82) is 0 Å². The van der Waals surface area contributed by atoms with Crippen LogP contribution in [0.25, 0.3) is 11.3 Å². The van der Waals surface area contributed by atoms with Crippen LogP contribution in [0, 0.1) is 5.82 Å². The number of rotatable bonds is 9. The van der Waals surface area contributed by atoms with Gasteiger partial charge in [-0.3, -0.25) is 4.79 Å². The molecule has 0 aliphatic carbocycles. The molecule has 1 heterocycles. The van der Waals surface area contributed by atoms with Crippen LogP contribution < -0.4 is 19.5 Å². The predicted molar refractivity (Wildman–Crippen MR) is 132 cm³/mol. The fourth-order valence-corrected chi connectivity index (χ4v) is 3.68. The highest BCUT2D eigenvalue weighted by atomic mass is 35.5. The zero-order valence-electron chi connectivity index (χ0n) is 20.8. The average Bonchev–Trinajstić information content (AvgIpc) is 2.87. The average molecular weight is 557 g/mol. The van der Waals surface area contributed by atoms with E-state index >= 15 is 0 Å². The van der Waals surface area contributed by atoms with Crippen molar-refractivity contribution in [3.8, 4) is 28.5 Å². The van der Waals surface area contributed by atoms with E-state index in [0.29, 0.717) is 5.75 Å². The van der Waals surface area contributed by atoms with Crippen LogP contribution in [0.1, 0.15) is 29.9 Å². The van der Waals surface area contributed by atoms with Crippen molar-refractivity contribution >= 4 is 17.5 Å². The lowest BCUT2D eigenvalue weighted by Gasteiger charge is -2.30. The number of methoxy groups -OCH3 is 2. The first-order chi connectivity index (χ1) is 17.8. The third-order valence-corrected chi connectivity index (χ3v) is 5.75. The number of aromatic nitrogens is 1. The number of halogens is 5. The molecule has 1 aromatic heterocycles. The number of carbonyl (C=O) groups is 1. The van der Waals surface area contributed by atoms with Gasteiger partial charge in [0.05, 0.1) is 37.6 Å². The summed E-state index contributed by atoms with van der Waals surface area (Å²) in [5.41, 5.74) is -4.39. The Morgan fingerprint density at radius 3 is 2.26 bits per heavy atom. The van der Waals surface area contributed by atoms with Gasteiger partial charge >= 0.3 is 6.18 Å². The van der Waals surface area contributed by atoms with Crippen molar-refractivity contribution in [1.82, 2.24) is 10.3 Å². The standard InChI is InChI=1S/C26H25ClF4N2O5/c1-14(2)38-19-8-6-16(12-21(19)37-4)24(34)32-13-25(35,26(29,30)31)22-10-9-20(36-3)23(33-22)15-5-7-18(28)17(27)11-15/h5-12,14,35H,13H2,1-4H3,(H,32,34). The fourth-order valence-electron chi connectivity index (χ4n) is 3.50. The van der Waals surface area contributed by atoms with Crippen molar-refractivity contribution in [3.63, 3.8) is 0 Å². The van der Waals surface area contributed by atoms with E-state index in [1.165, 1.54) is 50.6 Å². The second-order valence-electron chi connectivity index (χ2n) is 8.45. The van der Waals surface area contributed by atoms with E-state index in [1.54, 1.807) is 13.8 Å². The molecule has 3 aromatic rings. The van der Waals surface area contributed by atoms with Crippen LogP contribution in [0.5, 0.6) is 17.2 Å². The third-order valence-electron chi connectivity index (χ3n) is 5.46. The molecule has 0 saturated carbocycles. The van der Waals surface area contributed by atoms with Crippen LogP contribution in [0.15, 0.2) is 48.5 Å². The number of hydrogen-bond acceptors (Lipinski definition) is 6. The SMILES string of the molecule is COc1cc(C(=O)NCC(O)(c2ccc(OC)c(-c3ccc(F)c(Cl)c3)n2)C(F)(F)F)ccc1OC(C)C. The van der Waals surface area contributed by atoms with E-state index in [1.807, 2.05) is 0 Å². The summed E-state index contributed by atoms with van der Waals surface area (Å²) in [4.78, 5) is 16.7. The molecule has 1 atom stereocenters. The largest absolute Gasteiger partial charge is 0.494 e. The van der Waals surface area contributed by atoms with Crippen LogP contribution in [0.3, 0.4) is 0 Å². The molecule has 0 saturated heterocycles. The molecule has 12 heteroatoms. The zero-order chi connectivity index (χ0) is 28.3. The summed E-state index contributed by atoms with van der Waals surface area (Å²) in [6.45, 7) is 2.33. The van der Waals surface area contributed by atoms with Gasteiger partial charge in [-0.2, -0.15) is 13.2 Å². The number of nitrogens with zero attached hydrogens (tertiary/aromatic N) is 1. The summed E-state index contributed by atoms with van der Waals surface area (Å²) in [5, 5.41) is 12.6. The Labute approximate surface area is 221 Å². The fraction of sp³-hybridized carbons (Fsp3) is 0.308. The Balaban J connectivity index is 1.95. The van der Waals surface area contributed by atoms with E-state index < -0.39 is 35.7 Å². The van der Waals surface area contributed by atoms with Crippen LogP contribution in [-0.2, 0) is 5.60 Å². The van der Waals surface area contributed by atoms with Crippen LogP contribution in [0.2, 0.25) is 5.02 Å². The first-order valence-corrected chi connectivity index (χ1v) is 11.6. The van der Waals surface area contributed by atoms with Crippen molar-refractivity contribution < 1.29 is 41.7 Å². The molecular weight excluding hydrogens is 532 g/mol. The Hall–Kier alpha value is -3.57. The third kappa shape index (κ3) is 6.11. The number of pyridine rings is 1. The highest BCUT2D eigenvalue weighted by Gasteiger charge is 2.56. The first-order valence-electron chi connectivity index (χ1n) is 11.2. The summed E-state index contributed by atoms with van der Waals surface area (Å²) in [7, 11) is 2.63. The van der Waals surface area contributed by atoms with Gasteiger partial charge in [0.1, 0.15) is 17.3 Å². The lowest BCUT2D eigenvalue weighted by Crippen LogP contribution is -2.51. The Morgan fingerprint density at radius 2 is 1.68 bits per heavy atom. The van der Waals surface area contributed by atoms with Gasteiger partial charge in [0, 0.05) is 11.1 Å². The maximum Gasteiger partial charge on any atom is 0.424 e. The van der Waals surface area contributed by atoms with E-state index in [2.05, 4.69) is 10.3 Å². The molecule has 0 aliphatic heterocycles. The number of carbonyl (C=O) groups excluding carboxylic acids is 1. The van der Waals surface area contributed by atoms with Gasteiger partial charge in [-0.05, 0) is 62.4 Å². The molecule has 1 unspecified atom stereocenters. The molecule has 0 bridgehead atoms. The second kappa shape index (κ2) is 11.4. The Bertz CT molecular complexity index is 1320. The number of hydrogen-bond donors (Lipinski definition) is 2. The van der Waals surface area contributed by atoms with Crippen molar-refractivity contribution in [3.05, 3.63) is 70.6 Å². The number of nitrogens with one attached hydrogen (secondary N) is 1. The Kier molecular flexibility index (Phi) is 8.73. The number of alkyl halides is 3. The molecule has 204 valence electrons. The maximum atomic E-state index is 14.2. The van der Waals surface area contributed by atoms with Gasteiger partial charge in [0.2, 0.25) is 5.60 Å². The smallest absolute Gasteiger partial charge is 0.424 e. The molecule has 0 aliphatic rings. The number of benzene rings is 2. The van der Waals surface area contributed by atoms with E-state index in [0.717, 1.165) is 12.1 Å². The van der Waals surface area contributed by atoms with E-state index in [-0.39, 0.29) is 39.4 Å². The lowest BCUT2D eigenvalue weighted by molar-refractivity contribution is -0.265. The van der Waals surface area contributed by atoms with Gasteiger partial charge < -0.3 is 24.6 Å². The number of ether oxygens (including phenoxy) is 3. The number of amides is 1. The summed E-state index contributed by atoms with van der Waals surface area (Å²) < 4.78 is 72.2. The number of aliphatic hydroxyl groups is 1. The van der Waals surface area contributed by atoms with Crippen molar-refractivity contribution in [2.45, 2.75) is 31.7 Å². The molecule has 0 radical (unpaired) electrons. The van der Waals surface area contributed by atoms with Crippen molar-refractivity contribution in [2.24, 2.45) is 0 Å². The van der Waals surface area contributed by atoms with Gasteiger partial charge in [-0.1, -0.05) is 11.6 Å². The minimum absolute atomic E-state index is 0.0215. The molecule has 2 aromatic carbocycles. The van der Waals surface area contributed by atoms with Crippen molar-refractivity contribution in [2.75, 3.05) is 20.8 Å².